The van der Waals surface area contributed by atoms with Gasteiger partial charge < -0.3 is 15.4 Å². The molecule has 0 saturated carbocycles. The van der Waals surface area contributed by atoms with Crippen molar-refractivity contribution in [3.63, 3.8) is 0 Å². The van der Waals surface area contributed by atoms with Crippen LogP contribution in [0.3, 0.4) is 0 Å². The van der Waals surface area contributed by atoms with Gasteiger partial charge in [0.1, 0.15) is 0 Å². The second-order valence-electron chi connectivity index (χ2n) is 5.64. The number of carbonyl (C=O) groups is 1. The molecule has 1 aliphatic heterocycles. The minimum absolute atomic E-state index is 0.0897. The molecule has 1 atom stereocenters. The fraction of sp³-hybridized carbons (Fsp3) is 0.588. The molecule has 1 saturated heterocycles. The van der Waals surface area contributed by atoms with Crippen LogP contribution in [0, 0.1) is 5.92 Å². The average molecular weight is 290 g/mol. The Morgan fingerprint density at radius 3 is 2.95 bits per heavy atom. The van der Waals surface area contributed by atoms with Gasteiger partial charge >= 0.3 is 0 Å². The summed E-state index contributed by atoms with van der Waals surface area (Å²) in [6.07, 6.45) is 4.05. The summed E-state index contributed by atoms with van der Waals surface area (Å²) in [6.45, 7) is 4.06. The van der Waals surface area contributed by atoms with Crippen molar-refractivity contribution < 1.29 is 9.53 Å². The van der Waals surface area contributed by atoms with E-state index in [2.05, 4.69) is 10.6 Å². The van der Waals surface area contributed by atoms with Crippen LogP contribution in [0.2, 0.25) is 0 Å². The molecule has 116 valence electrons. The summed E-state index contributed by atoms with van der Waals surface area (Å²) in [4.78, 5) is 11.7. The topological polar surface area (TPSA) is 50.4 Å². The van der Waals surface area contributed by atoms with Crippen molar-refractivity contribution in [2.75, 3.05) is 26.2 Å². The number of benzene rings is 1. The monoisotopic (exact) mass is 290 g/mol. The fourth-order valence-corrected chi connectivity index (χ4v) is 2.60. The summed E-state index contributed by atoms with van der Waals surface area (Å²) in [5, 5.41) is 6.38. The molecule has 1 heterocycles. The minimum atomic E-state index is 0.0897. The Kier molecular flexibility index (Phi) is 7.25. The first-order valence-corrected chi connectivity index (χ1v) is 7.93. The summed E-state index contributed by atoms with van der Waals surface area (Å²) >= 11 is 0. The standard InChI is InChI=1S/C17H26N2O2/c20-17(19-11-8-15-7-4-10-18-13-15)9-12-21-14-16-5-2-1-3-6-16/h1-3,5-6,15,18H,4,7-14H2,(H,19,20). The Hall–Kier alpha value is -1.39. The number of piperidine rings is 1. The number of ether oxygens (including phenoxy) is 1. The van der Waals surface area contributed by atoms with Crippen molar-refractivity contribution >= 4 is 5.91 Å². The summed E-state index contributed by atoms with van der Waals surface area (Å²) in [5.41, 5.74) is 1.14. The summed E-state index contributed by atoms with van der Waals surface area (Å²) in [6, 6.07) is 10.0. The van der Waals surface area contributed by atoms with Crippen LogP contribution < -0.4 is 10.6 Å². The normalized spacial score (nSPS) is 18.4. The summed E-state index contributed by atoms with van der Waals surface area (Å²) in [5.74, 6) is 0.806. The largest absolute Gasteiger partial charge is 0.376 e. The zero-order valence-electron chi connectivity index (χ0n) is 12.6. The molecule has 1 amide bonds. The second-order valence-corrected chi connectivity index (χ2v) is 5.64. The van der Waals surface area contributed by atoms with E-state index in [0.29, 0.717) is 25.6 Å². The maximum absolute atomic E-state index is 11.7. The van der Waals surface area contributed by atoms with Gasteiger partial charge in [-0.05, 0) is 43.8 Å². The van der Waals surface area contributed by atoms with Gasteiger partial charge in [-0.1, -0.05) is 30.3 Å². The number of nitrogens with one attached hydrogen (secondary N) is 2. The molecule has 0 bridgehead atoms. The first-order valence-electron chi connectivity index (χ1n) is 7.93. The quantitative estimate of drug-likeness (QED) is 0.721. The fourth-order valence-electron chi connectivity index (χ4n) is 2.60. The van der Waals surface area contributed by atoms with E-state index in [0.717, 1.165) is 31.6 Å². The molecule has 0 spiro atoms. The molecule has 0 aliphatic carbocycles. The highest BCUT2D eigenvalue weighted by atomic mass is 16.5. The second kappa shape index (κ2) is 9.53. The van der Waals surface area contributed by atoms with Gasteiger partial charge in [0, 0.05) is 13.0 Å². The van der Waals surface area contributed by atoms with Crippen LogP contribution in [-0.2, 0) is 16.1 Å². The molecule has 2 rings (SSSR count). The molecule has 4 heteroatoms. The van der Waals surface area contributed by atoms with Gasteiger partial charge in [0.25, 0.3) is 0 Å². The van der Waals surface area contributed by atoms with Crippen LogP contribution >= 0.6 is 0 Å². The predicted octanol–water partition coefficient (Wildman–Crippen LogP) is 2.10. The molecule has 2 N–H and O–H groups in total. The Bertz CT molecular complexity index is 403. The molecule has 0 radical (unpaired) electrons. The number of carbonyl (C=O) groups excluding carboxylic acids is 1. The molecular weight excluding hydrogens is 264 g/mol. The smallest absolute Gasteiger partial charge is 0.222 e. The molecule has 0 aromatic heterocycles. The molecule has 1 aromatic rings. The van der Waals surface area contributed by atoms with E-state index >= 15 is 0 Å². The molecular formula is C17H26N2O2. The Morgan fingerprint density at radius 1 is 1.33 bits per heavy atom. The average Bonchev–Trinajstić information content (AvgIpc) is 2.54. The highest BCUT2D eigenvalue weighted by Gasteiger charge is 2.12. The molecule has 1 unspecified atom stereocenters. The Morgan fingerprint density at radius 2 is 2.19 bits per heavy atom. The third kappa shape index (κ3) is 6.74. The third-order valence-corrected chi connectivity index (χ3v) is 3.86. The molecule has 1 fully saturated rings. The van der Waals surface area contributed by atoms with Crippen molar-refractivity contribution in [1.82, 2.24) is 10.6 Å². The maximum atomic E-state index is 11.7. The van der Waals surface area contributed by atoms with Gasteiger partial charge in [0.2, 0.25) is 5.91 Å². The highest BCUT2D eigenvalue weighted by molar-refractivity contribution is 5.75. The zero-order valence-corrected chi connectivity index (χ0v) is 12.6. The minimum Gasteiger partial charge on any atom is -0.376 e. The lowest BCUT2D eigenvalue weighted by molar-refractivity contribution is -0.122. The molecule has 1 aromatic carbocycles. The van der Waals surface area contributed by atoms with Crippen LogP contribution in [0.4, 0.5) is 0 Å². The van der Waals surface area contributed by atoms with Crippen LogP contribution in [-0.4, -0.2) is 32.1 Å². The van der Waals surface area contributed by atoms with E-state index < -0.39 is 0 Å². The van der Waals surface area contributed by atoms with Gasteiger partial charge in [-0.25, -0.2) is 0 Å². The van der Waals surface area contributed by atoms with Gasteiger partial charge in [0.05, 0.1) is 13.2 Å². The number of hydrogen-bond donors (Lipinski definition) is 2. The summed E-state index contributed by atoms with van der Waals surface area (Å²) < 4.78 is 5.52. The zero-order chi connectivity index (χ0) is 14.8. The van der Waals surface area contributed by atoms with Gasteiger partial charge in [-0.3, -0.25) is 4.79 Å². The highest BCUT2D eigenvalue weighted by Crippen LogP contribution is 2.12. The van der Waals surface area contributed by atoms with Crippen LogP contribution in [0.15, 0.2) is 30.3 Å². The van der Waals surface area contributed by atoms with Crippen LogP contribution in [0.5, 0.6) is 0 Å². The van der Waals surface area contributed by atoms with E-state index in [1.54, 1.807) is 0 Å². The van der Waals surface area contributed by atoms with E-state index in [1.807, 2.05) is 30.3 Å². The van der Waals surface area contributed by atoms with E-state index in [-0.39, 0.29) is 5.91 Å². The van der Waals surface area contributed by atoms with Crippen molar-refractivity contribution in [3.8, 4) is 0 Å². The Labute approximate surface area is 127 Å². The van der Waals surface area contributed by atoms with E-state index in [1.165, 1.54) is 12.8 Å². The van der Waals surface area contributed by atoms with Gasteiger partial charge in [-0.15, -0.1) is 0 Å². The van der Waals surface area contributed by atoms with Crippen molar-refractivity contribution in [1.29, 1.82) is 0 Å². The molecule has 21 heavy (non-hydrogen) atoms. The summed E-state index contributed by atoms with van der Waals surface area (Å²) in [7, 11) is 0. The number of hydrogen-bond acceptors (Lipinski definition) is 3. The van der Waals surface area contributed by atoms with Gasteiger partial charge in [-0.2, -0.15) is 0 Å². The lowest BCUT2D eigenvalue weighted by atomic mass is 9.96. The van der Waals surface area contributed by atoms with Crippen molar-refractivity contribution in [3.05, 3.63) is 35.9 Å². The lowest BCUT2D eigenvalue weighted by Crippen LogP contribution is -2.33. The van der Waals surface area contributed by atoms with Crippen LogP contribution in [0.25, 0.3) is 0 Å². The van der Waals surface area contributed by atoms with E-state index in [9.17, 15) is 4.79 Å². The molecule has 4 nitrogen and oxygen atoms in total. The first-order chi connectivity index (χ1) is 10.3. The SMILES string of the molecule is O=C(CCOCc1ccccc1)NCCC1CCCNC1. The first kappa shape index (κ1) is 16.0. The third-order valence-electron chi connectivity index (χ3n) is 3.86. The van der Waals surface area contributed by atoms with Crippen molar-refractivity contribution in [2.45, 2.75) is 32.3 Å². The van der Waals surface area contributed by atoms with E-state index in [4.69, 9.17) is 4.74 Å². The molecule has 1 aliphatic rings. The number of amides is 1. The van der Waals surface area contributed by atoms with Gasteiger partial charge in [0.15, 0.2) is 0 Å². The number of rotatable bonds is 8. The maximum Gasteiger partial charge on any atom is 0.222 e. The van der Waals surface area contributed by atoms with Crippen molar-refractivity contribution in [2.24, 2.45) is 5.92 Å². The van der Waals surface area contributed by atoms with Crippen LogP contribution in [0.1, 0.15) is 31.2 Å². The predicted molar refractivity (Wildman–Crippen MR) is 83.9 cm³/mol. The lowest BCUT2D eigenvalue weighted by Gasteiger charge is -2.22. The Balaban J connectivity index is 1.47.